The first kappa shape index (κ1) is 13.3. The molecule has 5 heteroatoms. The van der Waals surface area contributed by atoms with Crippen LogP contribution in [0.2, 0.25) is 10.0 Å². The van der Waals surface area contributed by atoms with Crippen molar-refractivity contribution in [1.29, 1.82) is 0 Å². The van der Waals surface area contributed by atoms with Crippen molar-refractivity contribution < 1.29 is 8.78 Å². The molecule has 0 spiro atoms. The van der Waals surface area contributed by atoms with Gasteiger partial charge in [0.25, 0.3) is 0 Å². The summed E-state index contributed by atoms with van der Waals surface area (Å²) < 4.78 is 27.2. The smallest absolute Gasteiger partial charge is 0.131 e. The van der Waals surface area contributed by atoms with Gasteiger partial charge in [-0.2, -0.15) is 0 Å². The van der Waals surface area contributed by atoms with E-state index in [0.29, 0.717) is 15.6 Å². The summed E-state index contributed by atoms with van der Waals surface area (Å²) >= 11 is 11.6. The van der Waals surface area contributed by atoms with Gasteiger partial charge in [0, 0.05) is 5.56 Å². The van der Waals surface area contributed by atoms with Gasteiger partial charge in [-0.1, -0.05) is 35.3 Å². The highest BCUT2D eigenvalue weighted by Gasteiger charge is 2.18. The minimum Gasteiger partial charge on any atom is -0.320 e. The van der Waals surface area contributed by atoms with E-state index in [2.05, 4.69) is 0 Å². The summed E-state index contributed by atoms with van der Waals surface area (Å²) in [5.74, 6) is -1.37. The van der Waals surface area contributed by atoms with Crippen molar-refractivity contribution in [2.24, 2.45) is 5.73 Å². The van der Waals surface area contributed by atoms with Crippen LogP contribution in [0.5, 0.6) is 0 Å². The lowest BCUT2D eigenvalue weighted by molar-refractivity contribution is 0.543. The molecule has 0 amide bonds. The first-order valence-corrected chi connectivity index (χ1v) is 5.90. The number of rotatable bonds is 2. The predicted octanol–water partition coefficient (Wildman–Crippen LogP) is 4.32. The van der Waals surface area contributed by atoms with Crippen molar-refractivity contribution in [3.05, 3.63) is 69.2 Å². The second-order valence-electron chi connectivity index (χ2n) is 3.79. The molecule has 0 aliphatic heterocycles. The van der Waals surface area contributed by atoms with Gasteiger partial charge in [0.15, 0.2) is 0 Å². The maximum atomic E-state index is 13.6. The van der Waals surface area contributed by atoms with E-state index in [1.807, 2.05) is 0 Å². The van der Waals surface area contributed by atoms with Gasteiger partial charge in [0.05, 0.1) is 16.1 Å². The Morgan fingerprint density at radius 3 is 2.11 bits per heavy atom. The Hall–Kier alpha value is -1.16. The van der Waals surface area contributed by atoms with E-state index >= 15 is 0 Å². The Labute approximate surface area is 113 Å². The quantitative estimate of drug-likeness (QED) is 0.875. The molecule has 1 nitrogen and oxygen atoms in total. The van der Waals surface area contributed by atoms with E-state index < -0.39 is 17.7 Å². The van der Waals surface area contributed by atoms with E-state index in [1.165, 1.54) is 18.2 Å². The third-order valence-electron chi connectivity index (χ3n) is 2.61. The Balaban J connectivity index is 2.48. The number of benzene rings is 2. The maximum absolute atomic E-state index is 13.6. The predicted molar refractivity (Wildman–Crippen MR) is 68.9 cm³/mol. The molecule has 1 atom stereocenters. The zero-order chi connectivity index (χ0) is 13.3. The Morgan fingerprint density at radius 2 is 1.56 bits per heavy atom. The monoisotopic (exact) mass is 287 g/mol. The van der Waals surface area contributed by atoms with Gasteiger partial charge in [-0.05, 0) is 29.8 Å². The molecule has 0 aliphatic carbocycles. The zero-order valence-electron chi connectivity index (χ0n) is 9.13. The molecule has 2 N–H and O–H groups in total. The third kappa shape index (κ3) is 2.48. The molecule has 18 heavy (non-hydrogen) atoms. The van der Waals surface area contributed by atoms with Crippen LogP contribution in [0.1, 0.15) is 17.2 Å². The zero-order valence-corrected chi connectivity index (χ0v) is 10.6. The van der Waals surface area contributed by atoms with Crippen molar-refractivity contribution in [2.75, 3.05) is 0 Å². The average Bonchev–Trinajstić information content (AvgIpc) is 2.32. The molecule has 2 aromatic rings. The standard InChI is InChI=1S/C13H9Cl2F2N/c14-8-5-4-7(6-9(8)15)13(18)12-10(16)2-1-3-11(12)17/h1-6,13H,18H2. The van der Waals surface area contributed by atoms with Crippen molar-refractivity contribution in [2.45, 2.75) is 6.04 Å². The highest BCUT2D eigenvalue weighted by atomic mass is 35.5. The summed E-state index contributed by atoms with van der Waals surface area (Å²) in [7, 11) is 0. The van der Waals surface area contributed by atoms with Crippen LogP contribution >= 0.6 is 23.2 Å². The molecule has 0 heterocycles. The van der Waals surface area contributed by atoms with E-state index in [1.54, 1.807) is 6.07 Å². The molecule has 94 valence electrons. The molecule has 2 rings (SSSR count). The van der Waals surface area contributed by atoms with Crippen LogP contribution in [-0.4, -0.2) is 0 Å². The van der Waals surface area contributed by atoms with Gasteiger partial charge < -0.3 is 5.73 Å². The minimum atomic E-state index is -0.930. The first-order chi connectivity index (χ1) is 8.50. The second-order valence-corrected chi connectivity index (χ2v) is 4.60. The molecule has 0 bridgehead atoms. The fourth-order valence-corrected chi connectivity index (χ4v) is 1.99. The molecular formula is C13H9Cl2F2N. The topological polar surface area (TPSA) is 26.0 Å². The molecular weight excluding hydrogens is 279 g/mol. The van der Waals surface area contributed by atoms with Gasteiger partial charge in [-0.25, -0.2) is 8.78 Å². The summed E-state index contributed by atoms with van der Waals surface area (Å²) in [4.78, 5) is 0. The number of hydrogen-bond donors (Lipinski definition) is 1. The largest absolute Gasteiger partial charge is 0.320 e. The summed E-state index contributed by atoms with van der Waals surface area (Å²) in [6.45, 7) is 0. The lowest BCUT2D eigenvalue weighted by atomic mass is 9.98. The van der Waals surface area contributed by atoms with Crippen molar-refractivity contribution in [3.63, 3.8) is 0 Å². The molecule has 0 radical (unpaired) electrons. The van der Waals surface area contributed by atoms with Gasteiger partial charge in [-0.15, -0.1) is 0 Å². The summed E-state index contributed by atoms with van der Waals surface area (Å²) in [5.41, 5.74) is 6.16. The highest BCUT2D eigenvalue weighted by Crippen LogP contribution is 2.29. The number of hydrogen-bond acceptors (Lipinski definition) is 1. The van der Waals surface area contributed by atoms with E-state index in [-0.39, 0.29) is 5.56 Å². The fourth-order valence-electron chi connectivity index (χ4n) is 1.68. The minimum absolute atomic E-state index is 0.184. The number of nitrogens with two attached hydrogens (primary N) is 1. The molecule has 2 aromatic carbocycles. The molecule has 0 saturated heterocycles. The molecule has 1 unspecified atom stereocenters. The van der Waals surface area contributed by atoms with Crippen LogP contribution in [0, 0.1) is 11.6 Å². The van der Waals surface area contributed by atoms with Crippen LogP contribution in [0.25, 0.3) is 0 Å². The summed E-state index contributed by atoms with van der Waals surface area (Å²) in [5, 5.41) is 0.656. The SMILES string of the molecule is NC(c1ccc(Cl)c(Cl)c1)c1c(F)cccc1F. The summed E-state index contributed by atoms with van der Waals surface area (Å²) in [6, 6.07) is 7.31. The Kier molecular flexibility index (Phi) is 3.85. The van der Waals surface area contributed by atoms with Crippen LogP contribution in [0.3, 0.4) is 0 Å². The molecule has 0 fully saturated rings. The molecule has 0 saturated carbocycles. The van der Waals surface area contributed by atoms with Crippen LogP contribution in [-0.2, 0) is 0 Å². The van der Waals surface area contributed by atoms with E-state index in [4.69, 9.17) is 28.9 Å². The lowest BCUT2D eigenvalue weighted by Crippen LogP contribution is -2.15. The second kappa shape index (κ2) is 5.22. The maximum Gasteiger partial charge on any atom is 0.131 e. The highest BCUT2D eigenvalue weighted by molar-refractivity contribution is 6.42. The van der Waals surface area contributed by atoms with Crippen molar-refractivity contribution in [1.82, 2.24) is 0 Å². The first-order valence-electron chi connectivity index (χ1n) is 5.15. The van der Waals surface area contributed by atoms with E-state index in [9.17, 15) is 8.78 Å². The molecule has 0 aromatic heterocycles. The van der Waals surface area contributed by atoms with Crippen molar-refractivity contribution in [3.8, 4) is 0 Å². The van der Waals surface area contributed by atoms with Crippen LogP contribution < -0.4 is 5.73 Å². The average molecular weight is 288 g/mol. The fraction of sp³-hybridized carbons (Fsp3) is 0.0769. The lowest BCUT2D eigenvalue weighted by Gasteiger charge is -2.15. The van der Waals surface area contributed by atoms with Gasteiger partial charge in [0.2, 0.25) is 0 Å². The Bertz CT molecular complexity index is 567. The third-order valence-corrected chi connectivity index (χ3v) is 3.35. The van der Waals surface area contributed by atoms with Gasteiger partial charge in [-0.3, -0.25) is 0 Å². The van der Waals surface area contributed by atoms with Gasteiger partial charge in [0.1, 0.15) is 11.6 Å². The van der Waals surface area contributed by atoms with E-state index in [0.717, 1.165) is 12.1 Å². The van der Waals surface area contributed by atoms with Crippen LogP contribution in [0.4, 0.5) is 8.78 Å². The number of halogens is 4. The normalized spacial score (nSPS) is 12.5. The van der Waals surface area contributed by atoms with Crippen molar-refractivity contribution >= 4 is 23.2 Å². The summed E-state index contributed by atoms with van der Waals surface area (Å²) in [6.07, 6.45) is 0. The van der Waals surface area contributed by atoms with Crippen LogP contribution in [0.15, 0.2) is 36.4 Å². The van der Waals surface area contributed by atoms with Gasteiger partial charge >= 0.3 is 0 Å². The Morgan fingerprint density at radius 1 is 0.944 bits per heavy atom. The molecule has 0 aliphatic rings.